The molecule has 0 radical (unpaired) electrons. The van der Waals surface area contributed by atoms with Gasteiger partial charge in [-0.1, -0.05) is 13.0 Å². The molecule has 150 valence electrons. The highest BCUT2D eigenvalue weighted by Crippen LogP contribution is 2.32. The molecule has 0 saturated heterocycles. The van der Waals surface area contributed by atoms with Crippen LogP contribution in [0, 0.1) is 0 Å². The van der Waals surface area contributed by atoms with Gasteiger partial charge in [-0.05, 0) is 43.9 Å². The molecule has 7 nitrogen and oxygen atoms in total. The number of nitrogens with zero attached hydrogens (tertiary/aromatic N) is 2. The Morgan fingerprint density at radius 2 is 2.11 bits per heavy atom. The van der Waals surface area contributed by atoms with Gasteiger partial charge >= 0.3 is 6.03 Å². The van der Waals surface area contributed by atoms with E-state index >= 15 is 0 Å². The van der Waals surface area contributed by atoms with Crippen molar-refractivity contribution < 1.29 is 17.9 Å². The maximum absolute atomic E-state index is 12.5. The average molecular weight is 396 g/mol. The second-order valence-electron chi connectivity index (χ2n) is 7.50. The predicted molar refractivity (Wildman–Crippen MR) is 104 cm³/mol. The lowest BCUT2D eigenvalue weighted by molar-refractivity contribution is 0.157. The van der Waals surface area contributed by atoms with Gasteiger partial charge in [0.05, 0.1) is 18.8 Å². The number of fused-ring (bicyclic) bond motifs is 1. The van der Waals surface area contributed by atoms with Gasteiger partial charge in [0, 0.05) is 24.7 Å². The zero-order valence-corrected chi connectivity index (χ0v) is 17.1. The third kappa shape index (κ3) is 4.93. The highest BCUT2D eigenvalue weighted by molar-refractivity contribution is 7.88. The standard InChI is InChI=1S/C19H29N3O4S/c1-4-9-20-19(23)21-12-16-10-15(5-8-18(16)26-13-14(21)2)11-22(17-6-7-17)27(3,24)25/h5,8,10,14,17H,4,6-7,9,11-13H2,1-3H3,(H,20,23)/t14-/m0/s1. The molecule has 0 aromatic heterocycles. The molecular weight excluding hydrogens is 366 g/mol. The number of amides is 2. The largest absolute Gasteiger partial charge is 0.491 e. The molecule has 1 aromatic rings. The Morgan fingerprint density at radius 1 is 1.37 bits per heavy atom. The van der Waals surface area contributed by atoms with Gasteiger partial charge in [-0.25, -0.2) is 13.2 Å². The maximum Gasteiger partial charge on any atom is 0.318 e. The average Bonchev–Trinajstić information content (AvgIpc) is 3.45. The van der Waals surface area contributed by atoms with E-state index in [1.54, 1.807) is 9.21 Å². The Kier molecular flexibility index (Phi) is 5.95. The molecule has 1 N–H and O–H groups in total. The van der Waals surface area contributed by atoms with E-state index in [-0.39, 0.29) is 18.1 Å². The van der Waals surface area contributed by atoms with Crippen LogP contribution < -0.4 is 10.1 Å². The number of hydrogen-bond acceptors (Lipinski definition) is 4. The van der Waals surface area contributed by atoms with Crippen LogP contribution in [0.1, 0.15) is 44.2 Å². The van der Waals surface area contributed by atoms with Gasteiger partial charge in [-0.15, -0.1) is 0 Å². The van der Waals surface area contributed by atoms with Crippen LogP contribution in [0.4, 0.5) is 4.79 Å². The predicted octanol–water partition coefficient (Wildman–Crippen LogP) is 2.31. The van der Waals surface area contributed by atoms with Crippen LogP contribution in [0.5, 0.6) is 5.75 Å². The van der Waals surface area contributed by atoms with E-state index in [1.807, 2.05) is 32.0 Å². The van der Waals surface area contributed by atoms with Crippen molar-refractivity contribution >= 4 is 16.1 Å². The summed E-state index contributed by atoms with van der Waals surface area (Å²) in [5.74, 6) is 0.758. The highest BCUT2D eigenvalue weighted by Gasteiger charge is 2.35. The molecule has 1 atom stereocenters. The molecule has 1 aromatic carbocycles. The van der Waals surface area contributed by atoms with Crippen LogP contribution in [0.25, 0.3) is 0 Å². The summed E-state index contributed by atoms with van der Waals surface area (Å²) in [5, 5.41) is 2.92. The van der Waals surface area contributed by atoms with Crippen molar-refractivity contribution in [2.24, 2.45) is 0 Å². The topological polar surface area (TPSA) is 79.0 Å². The molecule has 3 rings (SSSR count). The first-order chi connectivity index (χ1) is 12.8. The Morgan fingerprint density at radius 3 is 2.74 bits per heavy atom. The summed E-state index contributed by atoms with van der Waals surface area (Å²) in [6.07, 6.45) is 3.99. The van der Waals surface area contributed by atoms with Crippen LogP contribution >= 0.6 is 0 Å². The number of ether oxygens (including phenoxy) is 1. The lowest BCUT2D eigenvalue weighted by Gasteiger charge is -2.26. The monoisotopic (exact) mass is 395 g/mol. The molecule has 2 aliphatic rings. The fourth-order valence-corrected chi connectivity index (χ4v) is 4.44. The van der Waals surface area contributed by atoms with Gasteiger partial charge in [0.2, 0.25) is 10.0 Å². The van der Waals surface area contributed by atoms with Crippen molar-refractivity contribution in [2.45, 2.75) is 58.3 Å². The lowest BCUT2D eigenvalue weighted by atomic mass is 10.1. The Labute approximate surface area is 161 Å². The Balaban J connectivity index is 1.80. The van der Waals surface area contributed by atoms with Crippen LogP contribution in [0.2, 0.25) is 0 Å². The fourth-order valence-electron chi connectivity index (χ4n) is 3.30. The summed E-state index contributed by atoms with van der Waals surface area (Å²) < 4.78 is 31.6. The first-order valence-electron chi connectivity index (χ1n) is 9.55. The van der Waals surface area contributed by atoms with Crippen molar-refractivity contribution in [1.29, 1.82) is 0 Å². The molecule has 1 saturated carbocycles. The van der Waals surface area contributed by atoms with Crippen molar-refractivity contribution in [2.75, 3.05) is 19.4 Å². The quantitative estimate of drug-likeness (QED) is 0.802. The molecule has 8 heteroatoms. The summed E-state index contributed by atoms with van der Waals surface area (Å²) in [5.41, 5.74) is 1.82. The lowest BCUT2D eigenvalue weighted by Crippen LogP contribution is -2.45. The number of urea groups is 1. The normalized spacial score (nSPS) is 20.0. The molecule has 1 heterocycles. The number of nitrogens with one attached hydrogen (secondary N) is 1. The zero-order valence-electron chi connectivity index (χ0n) is 16.3. The number of sulfonamides is 1. The highest BCUT2D eigenvalue weighted by atomic mass is 32.2. The van der Waals surface area contributed by atoms with E-state index in [9.17, 15) is 13.2 Å². The molecule has 0 bridgehead atoms. The van der Waals surface area contributed by atoms with Crippen molar-refractivity contribution in [1.82, 2.24) is 14.5 Å². The van der Waals surface area contributed by atoms with Crippen molar-refractivity contribution in [3.63, 3.8) is 0 Å². The van der Waals surface area contributed by atoms with E-state index in [4.69, 9.17) is 4.74 Å². The van der Waals surface area contributed by atoms with Gasteiger partial charge in [-0.2, -0.15) is 4.31 Å². The van der Waals surface area contributed by atoms with E-state index in [0.717, 1.165) is 36.1 Å². The smallest absolute Gasteiger partial charge is 0.318 e. The number of rotatable bonds is 6. The molecule has 2 amide bonds. The van der Waals surface area contributed by atoms with E-state index in [2.05, 4.69) is 5.32 Å². The van der Waals surface area contributed by atoms with E-state index < -0.39 is 10.0 Å². The van der Waals surface area contributed by atoms with Gasteiger partial charge in [0.1, 0.15) is 12.4 Å². The third-order valence-electron chi connectivity index (χ3n) is 4.98. The minimum atomic E-state index is -3.24. The van der Waals surface area contributed by atoms with Crippen LogP contribution in [-0.2, 0) is 23.1 Å². The number of benzene rings is 1. The van der Waals surface area contributed by atoms with Crippen molar-refractivity contribution in [3.05, 3.63) is 29.3 Å². The summed E-state index contributed by atoms with van der Waals surface area (Å²) >= 11 is 0. The van der Waals surface area contributed by atoms with Crippen LogP contribution in [0.3, 0.4) is 0 Å². The minimum Gasteiger partial charge on any atom is -0.491 e. The SMILES string of the molecule is CCCNC(=O)N1Cc2cc(CN(C3CC3)S(C)(=O)=O)ccc2OC[C@@H]1C. The second-order valence-corrected chi connectivity index (χ2v) is 9.44. The first-order valence-corrected chi connectivity index (χ1v) is 11.4. The van der Waals surface area contributed by atoms with Gasteiger partial charge in [-0.3, -0.25) is 0 Å². The van der Waals surface area contributed by atoms with Gasteiger partial charge in [0.25, 0.3) is 0 Å². The number of carbonyl (C=O) groups is 1. The summed E-state index contributed by atoms with van der Waals surface area (Å²) in [6, 6.07) is 5.74. The summed E-state index contributed by atoms with van der Waals surface area (Å²) in [6.45, 7) is 5.86. The fraction of sp³-hybridized carbons (Fsp3) is 0.632. The van der Waals surface area contributed by atoms with Gasteiger partial charge in [0.15, 0.2) is 0 Å². The number of carbonyl (C=O) groups excluding carboxylic acids is 1. The maximum atomic E-state index is 12.5. The summed E-state index contributed by atoms with van der Waals surface area (Å²) in [7, 11) is -3.24. The minimum absolute atomic E-state index is 0.0447. The molecule has 1 fully saturated rings. The molecule has 1 aliphatic heterocycles. The van der Waals surface area contributed by atoms with E-state index in [0.29, 0.717) is 26.2 Å². The third-order valence-corrected chi connectivity index (χ3v) is 6.26. The van der Waals surface area contributed by atoms with Crippen molar-refractivity contribution in [3.8, 4) is 5.75 Å². The Bertz CT molecular complexity index is 792. The van der Waals surface area contributed by atoms with Gasteiger partial charge < -0.3 is 15.0 Å². The zero-order chi connectivity index (χ0) is 19.6. The molecule has 0 spiro atoms. The molecule has 0 unspecified atom stereocenters. The van der Waals surface area contributed by atoms with Crippen LogP contribution in [0.15, 0.2) is 18.2 Å². The molecular formula is C19H29N3O4S. The second kappa shape index (κ2) is 8.06. The molecule has 27 heavy (non-hydrogen) atoms. The van der Waals surface area contributed by atoms with Crippen LogP contribution in [-0.4, -0.2) is 55.1 Å². The molecule has 1 aliphatic carbocycles. The summed E-state index contributed by atoms with van der Waals surface area (Å²) in [4.78, 5) is 14.3. The number of hydrogen-bond donors (Lipinski definition) is 1. The Hall–Kier alpha value is -1.80. The van der Waals surface area contributed by atoms with E-state index in [1.165, 1.54) is 6.26 Å². The first kappa shape index (κ1) is 19.9.